The van der Waals surface area contributed by atoms with Crippen LogP contribution in [0, 0.1) is 14.9 Å². The number of nitrogens with one attached hydrogen (secondary N) is 1. The van der Waals surface area contributed by atoms with Crippen LogP contribution in [0.4, 0.5) is 26.4 Å². The fourth-order valence-corrected chi connectivity index (χ4v) is 4.13. The summed E-state index contributed by atoms with van der Waals surface area (Å²) in [4.78, 5) is 26.1. The standard InChI is InChI=1S/C22H17F2IN8O/c1-10(29-19-14(9-26)18(27)31-22(28)32-19)20-30-16-13(6-3-7-15(16)25)21(34)33(20)12-5-2-4-11(8-12)17(23)24/h2-8,10,17H,1H3,(H5,27,28,29,31,32). The highest BCUT2D eigenvalue weighted by Gasteiger charge is 2.22. The Hall–Kier alpha value is -3.86. The number of halogens is 3. The molecule has 0 bridgehead atoms. The van der Waals surface area contributed by atoms with Crippen molar-refractivity contribution in [3.63, 3.8) is 0 Å². The topological polar surface area (TPSA) is 149 Å². The van der Waals surface area contributed by atoms with E-state index in [0.717, 1.165) is 3.57 Å². The monoisotopic (exact) mass is 574 g/mol. The van der Waals surface area contributed by atoms with Crippen molar-refractivity contribution in [2.24, 2.45) is 0 Å². The number of fused-ring (bicyclic) bond motifs is 1. The number of hydrogen-bond acceptors (Lipinski definition) is 8. The predicted octanol–water partition coefficient (Wildman–Crippen LogP) is 3.93. The largest absolute Gasteiger partial charge is 0.382 e. The summed E-state index contributed by atoms with van der Waals surface area (Å²) in [6.07, 6.45) is -2.71. The fraction of sp³-hybridized carbons (Fsp3) is 0.136. The number of nitrogen functional groups attached to an aromatic ring is 2. The predicted molar refractivity (Wildman–Crippen MR) is 133 cm³/mol. The molecule has 172 valence electrons. The van der Waals surface area contributed by atoms with Gasteiger partial charge in [-0.05, 0) is 53.8 Å². The Morgan fingerprint density at radius 3 is 2.59 bits per heavy atom. The van der Waals surface area contributed by atoms with Crippen molar-refractivity contribution in [3.8, 4) is 11.8 Å². The van der Waals surface area contributed by atoms with E-state index in [-0.39, 0.29) is 40.2 Å². The number of para-hydroxylation sites is 1. The molecule has 0 aliphatic carbocycles. The Labute approximate surface area is 205 Å². The number of nitrogens with zero attached hydrogens (tertiary/aromatic N) is 5. The van der Waals surface area contributed by atoms with Crippen LogP contribution >= 0.6 is 22.6 Å². The van der Waals surface area contributed by atoms with Gasteiger partial charge >= 0.3 is 0 Å². The molecule has 0 saturated carbocycles. The number of nitrogens with two attached hydrogens (primary N) is 2. The van der Waals surface area contributed by atoms with Crippen LogP contribution < -0.4 is 22.3 Å². The van der Waals surface area contributed by atoms with E-state index in [9.17, 15) is 18.8 Å². The Kier molecular flexibility index (Phi) is 6.29. The van der Waals surface area contributed by atoms with Gasteiger partial charge in [0.05, 0.1) is 22.6 Å². The first-order chi connectivity index (χ1) is 16.2. The third kappa shape index (κ3) is 4.21. The van der Waals surface area contributed by atoms with Gasteiger partial charge in [0.25, 0.3) is 12.0 Å². The van der Waals surface area contributed by atoms with Crippen LogP contribution in [0.15, 0.2) is 47.3 Å². The number of alkyl halides is 2. The summed E-state index contributed by atoms with van der Waals surface area (Å²) in [7, 11) is 0. The molecular weight excluding hydrogens is 557 g/mol. The Bertz CT molecular complexity index is 1520. The van der Waals surface area contributed by atoms with E-state index in [0.29, 0.717) is 10.9 Å². The molecule has 9 nitrogen and oxygen atoms in total. The molecule has 5 N–H and O–H groups in total. The van der Waals surface area contributed by atoms with Crippen LogP contribution in [0.5, 0.6) is 0 Å². The molecular formula is C22H17F2IN8O. The van der Waals surface area contributed by atoms with Gasteiger partial charge in [-0.25, -0.2) is 13.8 Å². The Morgan fingerprint density at radius 2 is 1.88 bits per heavy atom. The van der Waals surface area contributed by atoms with E-state index in [1.165, 1.54) is 22.8 Å². The second kappa shape index (κ2) is 9.18. The van der Waals surface area contributed by atoms with E-state index in [4.69, 9.17) is 16.5 Å². The molecule has 2 aromatic heterocycles. The summed E-state index contributed by atoms with van der Waals surface area (Å²) in [5, 5.41) is 12.8. The SMILES string of the molecule is CC(Nc1nc(N)nc(N)c1C#N)c1nc2c(I)cccc2c(=O)n1-c1cccc(C(F)F)c1. The van der Waals surface area contributed by atoms with Gasteiger partial charge in [-0.15, -0.1) is 0 Å². The zero-order valence-corrected chi connectivity index (χ0v) is 19.8. The van der Waals surface area contributed by atoms with Gasteiger partial charge in [0.15, 0.2) is 5.82 Å². The van der Waals surface area contributed by atoms with E-state index in [1.54, 1.807) is 31.2 Å². The molecule has 34 heavy (non-hydrogen) atoms. The molecule has 0 spiro atoms. The van der Waals surface area contributed by atoms with Crippen molar-refractivity contribution < 1.29 is 8.78 Å². The second-order valence-electron chi connectivity index (χ2n) is 7.31. The van der Waals surface area contributed by atoms with Crippen LogP contribution in [0.2, 0.25) is 0 Å². The molecule has 1 unspecified atom stereocenters. The number of nitriles is 1. The van der Waals surface area contributed by atoms with Gasteiger partial charge < -0.3 is 16.8 Å². The first kappa shape index (κ1) is 23.3. The van der Waals surface area contributed by atoms with Gasteiger partial charge in [0.1, 0.15) is 23.3 Å². The zero-order valence-electron chi connectivity index (χ0n) is 17.6. The van der Waals surface area contributed by atoms with Crippen molar-refractivity contribution in [2.45, 2.75) is 19.4 Å². The van der Waals surface area contributed by atoms with Crippen molar-refractivity contribution in [2.75, 3.05) is 16.8 Å². The smallest absolute Gasteiger partial charge is 0.266 e. The van der Waals surface area contributed by atoms with E-state index < -0.39 is 18.0 Å². The number of benzene rings is 2. The first-order valence-corrected chi connectivity index (χ1v) is 11.0. The van der Waals surface area contributed by atoms with E-state index in [1.807, 2.05) is 6.07 Å². The number of aromatic nitrogens is 4. The first-order valence-electron chi connectivity index (χ1n) is 9.90. The lowest BCUT2D eigenvalue weighted by atomic mass is 10.1. The average molecular weight is 574 g/mol. The average Bonchev–Trinajstić information content (AvgIpc) is 2.79. The molecule has 0 fully saturated rings. The Balaban J connectivity index is 1.96. The molecule has 0 aliphatic rings. The summed E-state index contributed by atoms with van der Waals surface area (Å²) >= 11 is 2.07. The summed E-state index contributed by atoms with van der Waals surface area (Å²) in [6, 6.07) is 11.9. The van der Waals surface area contributed by atoms with Crippen LogP contribution in [-0.2, 0) is 0 Å². The van der Waals surface area contributed by atoms with E-state index in [2.05, 4.69) is 37.9 Å². The van der Waals surface area contributed by atoms with Gasteiger partial charge in [0.2, 0.25) is 5.95 Å². The lowest BCUT2D eigenvalue weighted by molar-refractivity contribution is 0.151. The summed E-state index contributed by atoms with van der Waals surface area (Å²) in [5.74, 6) is 0.0275. The van der Waals surface area contributed by atoms with Crippen LogP contribution in [0.3, 0.4) is 0 Å². The zero-order chi connectivity index (χ0) is 24.6. The molecule has 4 aromatic rings. The summed E-state index contributed by atoms with van der Waals surface area (Å²) in [6.45, 7) is 1.69. The van der Waals surface area contributed by atoms with Gasteiger partial charge in [-0.1, -0.05) is 18.2 Å². The van der Waals surface area contributed by atoms with Gasteiger partial charge in [-0.2, -0.15) is 15.2 Å². The van der Waals surface area contributed by atoms with Crippen LogP contribution in [0.25, 0.3) is 16.6 Å². The van der Waals surface area contributed by atoms with E-state index >= 15 is 0 Å². The Morgan fingerprint density at radius 1 is 1.15 bits per heavy atom. The van der Waals surface area contributed by atoms with Crippen LogP contribution in [0.1, 0.15) is 36.3 Å². The molecule has 4 rings (SSSR count). The molecule has 1 atom stereocenters. The maximum absolute atomic E-state index is 13.6. The van der Waals surface area contributed by atoms with Gasteiger partial charge in [-0.3, -0.25) is 9.36 Å². The van der Waals surface area contributed by atoms with Gasteiger partial charge in [0, 0.05) is 9.13 Å². The molecule has 2 heterocycles. The normalized spacial score (nSPS) is 12.0. The maximum Gasteiger partial charge on any atom is 0.266 e. The lowest BCUT2D eigenvalue weighted by Gasteiger charge is -2.21. The second-order valence-corrected chi connectivity index (χ2v) is 8.47. The molecule has 12 heteroatoms. The van der Waals surface area contributed by atoms with Crippen LogP contribution in [-0.4, -0.2) is 19.5 Å². The van der Waals surface area contributed by atoms with Crippen molar-refractivity contribution in [1.29, 1.82) is 5.26 Å². The minimum absolute atomic E-state index is 0.0231. The maximum atomic E-state index is 13.6. The lowest BCUT2D eigenvalue weighted by Crippen LogP contribution is -2.28. The minimum atomic E-state index is -2.71. The third-order valence-electron chi connectivity index (χ3n) is 5.06. The molecule has 0 radical (unpaired) electrons. The number of hydrogen-bond donors (Lipinski definition) is 3. The quantitative estimate of drug-likeness (QED) is 0.304. The fourth-order valence-electron chi connectivity index (χ4n) is 3.51. The van der Waals surface area contributed by atoms with Crippen molar-refractivity contribution >= 4 is 51.1 Å². The molecule has 0 saturated heterocycles. The summed E-state index contributed by atoms with van der Waals surface area (Å²) in [5.41, 5.74) is 11.5. The highest BCUT2D eigenvalue weighted by atomic mass is 127. The number of rotatable bonds is 5. The molecule has 0 aliphatic heterocycles. The molecule has 2 aromatic carbocycles. The number of anilines is 3. The third-order valence-corrected chi connectivity index (χ3v) is 5.93. The highest BCUT2D eigenvalue weighted by molar-refractivity contribution is 14.1. The molecule has 0 amide bonds. The van der Waals surface area contributed by atoms with Crippen molar-refractivity contribution in [1.82, 2.24) is 19.5 Å². The van der Waals surface area contributed by atoms with Crippen molar-refractivity contribution in [3.05, 3.63) is 73.3 Å². The highest BCUT2D eigenvalue weighted by Crippen LogP contribution is 2.27. The summed E-state index contributed by atoms with van der Waals surface area (Å²) < 4.78 is 28.8. The minimum Gasteiger partial charge on any atom is -0.382 e.